The van der Waals surface area contributed by atoms with E-state index in [1.165, 1.54) is 20.2 Å². The van der Waals surface area contributed by atoms with Crippen molar-refractivity contribution in [3.63, 3.8) is 0 Å². The van der Waals surface area contributed by atoms with Crippen LogP contribution in [0.3, 0.4) is 0 Å². The Kier molecular flexibility index (Phi) is 7.64. The summed E-state index contributed by atoms with van der Waals surface area (Å²) >= 11 is 0. The largest absolute Gasteiger partial charge is 0.494 e. The first-order chi connectivity index (χ1) is 13.6. The molecule has 0 aliphatic heterocycles. The minimum absolute atomic E-state index is 0.129. The summed E-state index contributed by atoms with van der Waals surface area (Å²) in [4.78, 5) is 12.5. The van der Waals surface area contributed by atoms with Crippen LogP contribution < -0.4 is 14.8 Å². The lowest BCUT2D eigenvalue weighted by molar-refractivity contribution is -0.118. The van der Waals surface area contributed by atoms with Crippen molar-refractivity contribution < 1.29 is 22.7 Å². The standard InChI is InChI=1S/C21H28N2O5S/c1-6-11-27-17-7-9-18(10-8-17)28-14-21(24)22-20-13-19(12-15(2)16(20)3)29(25,26)23(4)5/h7-10,12-13H,6,11,14H2,1-5H3,(H,22,24). The van der Waals surface area contributed by atoms with Crippen LogP contribution in [0.25, 0.3) is 0 Å². The van der Waals surface area contributed by atoms with Gasteiger partial charge in [-0.15, -0.1) is 0 Å². The number of anilines is 1. The van der Waals surface area contributed by atoms with E-state index in [-0.39, 0.29) is 17.4 Å². The van der Waals surface area contributed by atoms with Gasteiger partial charge >= 0.3 is 0 Å². The lowest BCUT2D eigenvalue weighted by atomic mass is 10.1. The van der Waals surface area contributed by atoms with E-state index in [1.54, 1.807) is 37.3 Å². The van der Waals surface area contributed by atoms with E-state index in [0.717, 1.165) is 27.6 Å². The normalized spacial score (nSPS) is 11.4. The van der Waals surface area contributed by atoms with Crippen LogP contribution in [-0.4, -0.2) is 45.9 Å². The molecule has 0 bridgehead atoms. The van der Waals surface area contributed by atoms with Gasteiger partial charge in [-0.3, -0.25) is 4.79 Å². The zero-order valence-corrected chi connectivity index (χ0v) is 18.3. The molecule has 0 aliphatic carbocycles. The summed E-state index contributed by atoms with van der Waals surface area (Å²) in [5.41, 5.74) is 2.02. The Bertz CT molecular complexity index is 954. The van der Waals surface area contributed by atoms with Crippen molar-refractivity contribution in [2.75, 3.05) is 32.6 Å². The molecule has 2 rings (SSSR count). The number of benzene rings is 2. The third-order valence-electron chi connectivity index (χ3n) is 4.36. The van der Waals surface area contributed by atoms with E-state index >= 15 is 0 Å². The number of ether oxygens (including phenoxy) is 2. The number of amides is 1. The van der Waals surface area contributed by atoms with Crippen LogP contribution in [0.5, 0.6) is 11.5 Å². The summed E-state index contributed by atoms with van der Waals surface area (Å²) in [7, 11) is -0.667. The zero-order chi connectivity index (χ0) is 21.6. The first-order valence-corrected chi connectivity index (χ1v) is 10.8. The van der Waals surface area contributed by atoms with Crippen molar-refractivity contribution in [1.82, 2.24) is 4.31 Å². The molecule has 0 saturated carbocycles. The molecular weight excluding hydrogens is 392 g/mol. The molecule has 2 aromatic rings. The van der Waals surface area contributed by atoms with Crippen LogP contribution >= 0.6 is 0 Å². The molecule has 7 nitrogen and oxygen atoms in total. The van der Waals surface area contributed by atoms with Crippen LogP contribution in [0.15, 0.2) is 41.3 Å². The van der Waals surface area contributed by atoms with Gasteiger partial charge in [-0.05, 0) is 67.8 Å². The number of sulfonamides is 1. The molecule has 1 N–H and O–H groups in total. The Hall–Kier alpha value is -2.58. The van der Waals surface area contributed by atoms with Crippen LogP contribution in [0.2, 0.25) is 0 Å². The molecule has 0 unspecified atom stereocenters. The van der Waals surface area contributed by atoms with E-state index in [9.17, 15) is 13.2 Å². The van der Waals surface area contributed by atoms with Crippen LogP contribution in [0.4, 0.5) is 5.69 Å². The number of carbonyl (C=O) groups excluding carboxylic acids is 1. The second kappa shape index (κ2) is 9.76. The maximum absolute atomic E-state index is 12.4. The van der Waals surface area contributed by atoms with Gasteiger partial charge in [0.05, 0.1) is 11.5 Å². The van der Waals surface area contributed by atoms with Gasteiger partial charge in [-0.1, -0.05) is 6.92 Å². The summed E-state index contributed by atoms with van der Waals surface area (Å²) in [5, 5.41) is 2.74. The SMILES string of the molecule is CCCOc1ccc(OCC(=O)Nc2cc(S(=O)(=O)N(C)C)cc(C)c2C)cc1. The molecular formula is C21H28N2O5S. The second-order valence-corrected chi connectivity index (χ2v) is 9.01. The quantitative estimate of drug-likeness (QED) is 0.672. The van der Waals surface area contributed by atoms with E-state index in [2.05, 4.69) is 5.32 Å². The molecule has 2 aromatic carbocycles. The monoisotopic (exact) mass is 420 g/mol. The Balaban J connectivity index is 2.06. The fourth-order valence-corrected chi connectivity index (χ4v) is 3.52. The van der Waals surface area contributed by atoms with Gasteiger partial charge in [-0.2, -0.15) is 0 Å². The number of hydrogen-bond acceptors (Lipinski definition) is 5. The Labute approximate surface area is 172 Å². The third kappa shape index (κ3) is 5.95. The van der Waals surface area contributed by atoms with Gasteiger partial charge in [0.25, 0.3) is 5.91 Å². The van der Waals surface area contributed by atoms with Crippen LogP contribution in [0.1, 0.15) is 24.5 Å². The highest BCUT2D eigenvalue weighted by atomic mass is 32.2. The average molecular weight is 421 g/mol. The molecule has 1 amide bonds. The fourth-order valence-electron chi connectivity index (χ4n) is 2.50. The maximum Gasteiger partial charge on any atom is 0.262 e. The number of aryl methyl sites for hydroxylation is 1. The van der Waals surface area contributed by atoms with Crippen molar-refractivity contribution in [1.29, 1.82) is 0 Å². The molecule has 0 aliphatic rings. The summed E-state index contributed by atoms with van der Waals surface area (Å²) in [6.45, 7) is 6.11. The number of carbonyl (C=O) groups is 1. The lowest BCUT2D eigenvalue weighted by Gasteiger charge is -2.16. The molecule has 29 heavy (non-hydrogen) atoms. The van der Waals surface area contributed by atoms with Crippen molar-refractivity contribution in [2.45, 2.75) is 32.1 Å². The summed E-state index contributed by atoms with van der Waals surface area (Å²) in [5.74, 6) is 0.910. The highest BCUT2D eigenvalue weighted by Gasteiger charge is 2.20. The number of nitrogens with zero attached hydrogens (tertiary/aromatic N) is 1. The van der Waals surface area contributed by atoms with E-state index < -0.39 is 10.0 Å². The molecule has 0 heterocycles. The molecule has 0 spiro atoms. The molecule has 158 valence electrons. The van der Waals surface area contributed by atoms with E-state index in [4.69, 9.17) is 9.47 Å². The van der Waals surface area contributed by atoms with Gasteiger partial charge < -0.3 is 14.8 Å². The first-order valence-electron chi connectivity index (χ1n) is 9.34. The van der Waals surface area contributed by atoms with Crippen molar-refractivity contribution in [3.8, 4) is 11.5 Å². The van der Waals surface area contributed by atoms with Gasteiger partial charge in [-0.25, -0.2) is 12.7 Å². The molecule has 0 radical (unpaired) electrons. The Morgan fingerprint density at radius 3 is 2.17 bits per heavy atom. The first kappa shape index (κ1) is 22.7. The van der Waals surface area contributed by atoms with Crippen molar-refractivity contribution >= 4 is 21.6 Å². The van der Waals surface area contributed by atoms with Crippen molar-refractivity contribution in [3.05, 3.63) is 47.5 Å². The zero-order valence-electron chi connectivity index (χ0n) is 17.5. The van der Waals surface area contributed by atoms with Crippen molar-refractivity contribution in [2.24, 2.45) is 0 Å². The smallest absolute Gasteiger partial charge is 0.262 e. The number of hydrogen-bond donors (Lipinski definition) is 1. The van der Waals surface area contributed by atoms with Crippen LogP contribution in [0, 0.1) is 13.8 Å². The van der Waals surface area contributed by atoms with Gasteiger partial charge in [0.2, 0.25) is 10.0 Å². The highest BCUT2D eigenvalue weighted by Crippen LogP contribution is 2.25. The third-order valence-corrected chi connectivity index (χ3v) is 6.15. The van der Waals surface area contributed by atoms with E-state index in [1.807, 2.05) is 13.8 Å². The Morgan fingerprint density at radius 2 is 1.62 bits per heavy atom. The van der Waals surface area contributed by atoms with Gasteiger partial charge in [0, 0.05) is 19.8 Å². The summed E-state index contributed by atoms with van der Waals surface area (Å²) in [6.07, 6.45) is 0.925. The number of nitrogens with one attached hydrogen (secondary N) is 1. The topological polar surface area (TPSA) is 84.9 Å². The minimum atomic E-state index is -3.60. The van der Waals surface area contributed by atoms with E-state index in [0.29, 0.717) is 18.0 Å². The predicted octanol–water partition coefficient (Wildman–Crippen LogP) is 3.36. The summed E-state index contributed by atoms with van der Waals surface area (Å²) in [6, 6.07) is 10.1. The maximum atomic E-state index is 12.4. The molecule has 8 heteroatoms. The van der Waals surface area contributed by atoms with Gasteiger partial charge in [0.15, 0.2) is 6.61 Å². The highest BCUT2D eigenvalue weighted by molar-refractivity contribution is 7.89. The minimum Gasteiger partial charge on any atom is -0.494 e. The lowest BCUT2D eigenvalue weighted by Crippen LogP contribution is -2.24. The second-order valence-electron chi connectivity index (χ2n) is 6.86. The molecule has 0 fully saturated rings. The number of rotatable bonds is 9. The average Bonchev–Trinajstić information content (AvgIpc) is 2.68. The predicted molar refractivity (Wildman–Crippen MR) is 113 cm³/mol. The molecule has 0 aromatic heterocycles. The molecule has 0 saturated heterocycles. The van der Waals surface area contributed by atoms with Crippen LogP contribution in [-0.2, 0) is 14.8 Å². The molecule has 0 atom stereocenters. The summed E-state index contributed by atoms with van der Waals surface area (Å²) < 4.78 is 37.0. The Morgan fingerprint density at radius 1 is 1.03 bits per heavy atom. The fraction of sp³-hybridized carbons (Fsp3) is 0.381. The van der Waals surface area contributed by atoms with Gasteiger partial charge in [0.1, 0.15) is 11.5 Å².